The second-order valence-corrected chi connectivity index (χ2v) is 7.53. The molecule has 0 saturated heterocycles. The molecule has 0 radical (unpaired) electrons. The predicted molar refractivity (Wildman–Crippen MR) is 105 cm³/mol. The highest BCUT2D eigenvalue weighted by atomic mass is 32.1. The molecule has 2 aromatic heterocycles. The molecule has 138 valence electrons. The Morgan fingerprint density at radius 3 is 2.88 bits per heavy atom. The molecule has 7 heteroatoms. The molecule has 3 rings (SSSR count). The van der Waals surface area contributed by atoms with Crippen molar-refractivity contribution in [2.24, 2.45) is 0 Å². The summed E-state index contributed by atoms with van der Waals surface area (Å²) in [5.41, 5.74) is 0.542. The molecule has 0 spiro atoms. The van der Waals surface area contributed by atoms with Crippen LogP contribution in [-0.4, -0.2) is 34.9 Å². The summed E-state index contributed by atoms with van der Waals surface area (Å²) in [7, 11) is 0. The van der Waals surface area contributed by atoms with E-state index in [1.807, 2.05) is 45.0 Å². The molecule has 2 heterocycles. The van der Waals surface area contributed by atoms with Crippen LogP contribution in [0, 0.1) is 6.92 Å². The first-order chi connectivity index (χ1) is 12.5. The molecule has 0 aliphatic carbocycles. The zero-order valence-electron chi connectivity index (χ0n) is 15.2. The van der Waals surface area contributed by atoms with Crippen LogP contribution in [-0.2, 0) is 16.1 Å². The normalized spacial score (nSPS) is 11.5. The summed E-state index contributed by atoms with van der Waals surface area (Å²) >= 11 is 1.56. The van der Waals surface area contributed by atoms with Crippen LogP contribution in [0.2, 0.25) is 0 Å². The Labute approximate surface area is 155 Å². The molecule has 0 atom stereocenters. The van der Waals surface area contributed by atoms with Crippen molar-refractivity contribution in [3.8, 4) is 0 Å². The Morgan fingerprint density at radius 2 is 2.12 bits per heavy atom. The molecular weight excluding hydrogens is 350 g/mol. The van der Waals surface area contributed by atoms with Gasteiger partial charge in [0, 0.05) is 23.2 Å². The third-order valence-corrected chi connectivity index (χ3v) is 5.31. The quantitative estimate of drug-likeness (QED) is 0.647. The summed E-state index contributed by atoms with van der Waals surface area (Å²) in [6, 6.07) is 7.80. The van der Waals surface area contributed by atoms with E-state index in [-0.39, 0.29) is 24.1 Å². The Kier molecular flexibility index (Phi) is 5.68. The zero-order valence-corrected chi connectivity index (χ0v) is 16.1. The van der Waals surface area contributed by atoms with Crippen LogP contribution in [0.3, 0.4) is 0 Å². The number of nitrogens with zero attached hydrogens (tertiary/aromatic N) is 2. The van der Waals surface area contributed by atoms with Gasteiger partial charge in [0.15, 0.2) is 0 Å². The molecule has 0 aliphatic rings. The van der Waals surface area contributed by atoms with Gasteiger partial charge in [-0.3, -0.25) is 9.59 Å². The number of carbonyl (C=O) groups excluding carboxylic acids is 1. The molecular formula is C19H23N3O3S. The molecule has 0 fully saturated rings. The van der Waals surface area contributed by atoms with Crippen molar-refractivity contribution < 1.29 is 9.53 Å². The Morgan fingerprint density at radius 1 is 1.35 bits per heavy atom. The van der Waals surface area contributed by atoms with Gasteiger partial charge >= 0.3 is 0 Å². The zero-order chi connectivity index (χ0) is 18.7. The van der Waals surface area contributed by atoms with Crippen molar-refractivity contribution in [3.63, 3.8) is 0 Å². The van der Waals surface area contributed by atoms with Crippen molar-refractivity contribution >= 4 is 37.4 Å². The molecule has 3 aromatic rings. The third kappa shape index (κ3) is 3.94. The van der Waals surface area contributed by atoms with E-state index in [2.05, 4.69) is 10.4 Å². The molecule has 0 unspecified atom stereocenters. The molecule has 0 bridgehead atoms. The number of thiophene rings is 1. The molecule has 26 heavy (non-hydrogen) atoms. The van der Waals surface area contributed by atoms with Gasteiger partial charge < -0.3 is 10.1 Å². The minimum absolute atomic E-state index is 0.0785. The second kappa shape index (κ2) is 7.97. The number of benzene rings is 1. The number of fused-ring (bicyclic) bond motifs is 3. The monoisotopic (exact) mass is 373 g/mol. The lowest BCUT2D eigenvalue weighted by Gasteiger charge is -2.09. The van der Waals surface area contributed by atoms with Crippen LogP contribution in [0.5, 0.6) is 0 Å². The van der Waals surface area contributed by atoms with Gasteiger partial charge in [-0.1, -0.05) is 18.2 Å². The number of hydrogen-bond acceptors (Lipinski definition) is 5. The Bertz CT molecular complexity index is 991. The van der Waals surface area contributed by atoms with Crippen LogP contribution in [0.15, 0.2) is 29.1 Å². The molecule has 0 aliphatic heterocycles. The number of aryl methyl sites for hydroxylation is 1. The standard InChI is InChI=1S/C19H23N3O3S/c1-12(2)25-10-6-9-20-16(23)11-22-19(24)17-14-7-4-5-8-15(14)26-18(17)13(3)21-22/h4-5,7-8,12H,6,9-11H2,1-3H3,(H,20,23). The first kappa shape index (κ1) is 18.5. The van der Waals surface area contributed by atoms with E-state index in [0.717, 1.165) is 26.9 Å². The number of ether oxygens (including phenoxy) is 1. The van der Waals surface area contributed by atoms with E-state index >= 15 is 0 Å². The van der Waals surface area contributed by atoms with Crippen molar-refractivity contribution in [1.29, 1.82) is 0 Å². The molecule has 1 aromatic carbocycles. The summed E-state index contributed by atoms with van der Waals surface area (Å²) < 4.78 is 8.64. The number of hydrogen-bond donors (Lipinski definition) is 1. The third-order valence-electron chi connectivity index (χ3n) is 4.03. The van der Waals surface area contributed by atoms with Gasteiger partial charge in [-0.25, -0.2) is 4.68 Å². The van der Waals surface area contributed by atoms with Gasteiger partial charge in [-0.15, -0.1) is 11.3 Å². The summed E-state index contributed by atoms with van der Waals surface area (Å²) in [6.07, 6.45) is 0.919. The molecule has 1 N–H and O–H groups in total. The largest absolute Gasteiger partial charge is 0.379 e. The number of nitrogens with one attached hydrogen (secondary N) is 1. The van der Waals surface area contributed by atoms with Gasteiger partial charge in [-0.05, 0) is 33.3 Å². The van der Waals surface area contributed by atoms with Crippen LogP contribution in [0.4, 0.5) is 0 Å². The molecule has 0 saturated carbocycles. The smallest absolute Gasteiger partial charge is 0.276 e. The van der Waals surface area contributed by atoms with Crippen molar-refractivity contribution in [2.45, 2.75) is 39.8 Å². The van der Waals surface area contributed by atoms with Crippen LogP contribution in [0.1, 0.15) is 26.0 Å². The Balaban J connectivity index is 1.76. The maximum absolute atomic E-state index is 12.8. The number of carbonyl (C=O) groups is 1. The van der Waals surface area contributed by atoms with Gasteiger partial charge in [-0.2, -0.15) is 5.10 Å². The van der Waals surface area contributed by atoms with Crippen LogP contribution in [0.25, 0.3) is 20.2 Å². The first-order valence-electron chi connectivity index (χ1n) is 8.74. The average Bonchev–Trinajstić information content (AvgIpc) is 2.99. The number of amides is 1. The van der Waals surface area contributed by atoms with E-state index < -0.39 is 0 Å². The van der Waals surface area contributed by atoms with Crippen molar-refractivity contribution in [1.82, 2.24) is 15.1 Å². The van der Waals surface area contributed by atoms with Gasteiger partial charge in [0.1, 0.15) is 6.54 Å². The predicted octanol–water partition coefficient (Wildman–Crippen LogP) is 2.85. The van der Waals surface area contributed by atoms with Crippen molar-refractivity contribution in [3.05, 3.63) is 40.3 Å². The number of rotatable bonds is 7. The highest BCUT2D eigenvalue weighted by molar-refractivity contribution is 7.26. The highest BCUT2D eigenvalue weighted by Gasteiger charge is 2.15. The topological polar surface area (TPSA) is 73.2 Å². The van der Waals surface area contributed by atoms with E-state index in [4.69, 9.17) is 4.74 Å². The SMILES string of the molecule is Cc1nn(CC(=O)NCCCOC(C)C)c(=O)c2c1sc1ccccc12. The maximum atomic E-state index is 12.8. The van der Waals surface area contributed by atoms with E-state index in [1.54, 1.807) is 11.3 Å². The number of aromatic nitrogens is 2. The fourth-order valence-corrected chi connectivity index (χ4v) is 3.97. The lowest BCUT2D eigenvalue weighted by Crippen LogP contribution is -2.34. The van der Waals surface area contributed by atoms with Crippen molar-refractivity contribution in [2.75, 3.05) is 13.2 Å². The minimum Gasteiger partial charge on any atom is -0.379 e. The summed E-state index contributed by atoms with van der Waals surface area (Å²) in [5.74, 6) is -0.220. The fourth-order valence-electron chi connectivity index (χ4n) is 2.83. The van der Waals surface area contributed by atoms with E-state index in [1.165, 1.54) is 4.68 Å². The van der Waals surface area contributed by atoms with E-state index in [0.29, 0.717) is 18.5 Å². The van der Waals surface area contributed by atoms with Gasteiger partial charge in [0.25, 0.3) is 5.56 Å². The van der Waals surface area contributed by atoms with Gasteiger partial charge in [0.05, 0.1) is 21.9 Å². The first-order valence-corrected chi connectivity index (χ1v) is 9.56. The highest BCUT2D eigenvalue weighted by Crippen LogP contribution is 2.32. The fraction of sp³-hybridized carbons (Fsp3) is 0.421. The molecule has 6 nitrogen and oxygen atoms in total. The summed E-state index contributed by atoms with van der Waals surface area (Å²) in [6.45, 7) is 6.86. The minimum atomic E-state index is -0.221. The second-order valence-electron chi connectivity index (χ2n) is 6.47. The lowest BCUT2D eigenvalue weighted by molar-refractivity contribution is -0.121. The van der Waals surface area contributed by atoms with Crippen LogP contribution >= 0.6 is 11.3 Å². The summed E-state index contributed by atoms with van der Waals surface area (Å²) in [5, 5.41) is 8.72. The average molecular weight is 373 g/mol. The van der Waals surface area contributed by atoms with Crippen LogP contribution < -0.4 is 10.9 Å². The summed E-state index contributed by atoms with van der Waals surface area (Å²) in [4.78, 5) is 25.0. The van der Waals surface area contributed by atoms with E-state index in [9.17, 15) is 9.59 Å². The Hall–Kier alpha value is -2.25. The molecule has 1 amide bonds. The lowest BCUT2D eigenvalue weighted by atomic mass is 10.2. The maximum Gasteiger partial charge on any atom is 0.276 e. The van der Waals surface area contributed by atoms with Gasteiger partial charge in [0.2, 0.25) is 5.91 Å².